The van der Waals surface area contributed by atoms with E-state index in [2.05, 4.69) is 443 Å². The Morgan fingerprint density at radius 2 is 0.750 bits per heavy atom. The van der Waals surface area contributed by atoms with Gasteiger partial charge in [-0.15, -0.1) is 0 Å². The molecule has 0 unspecified atom stereocenters. The summed E-state index contributed by atoms with van der Waals surface area (Å²) < 4.78 is 2.62. The average molecular weight is 1590 g/mol. The highest BCUT2D eigenvalue weighted by atomic mass is 15.2. The topological polar surface area (TPSA) is 17.9 Å². The summed E-state index contributed by atoms with van der Waals surface area (Å²) in [5.41, 5.74) is 50.3. The van der Waals surface area contributed by atoms with Crippen LogP contribution in [0.25, 0.3) is 49.7 Å². The third-order valence-corrected chi connectivity index (χ3v) is 29.9. The van der Waals surface area contributed by atoms with Crippen molar-refractivity contribution in [1.82, 2.24) is 4.57 Å². The van der Waals surface area contributed by atoms with Crippen molar-refractivity contribution in [2.75, 3.05) is 19.6 Å². The lowest BCUT2D eigenvalue weighted by Crippen LogP contribution is -2.62. The van der Waals surface area contributed by atoms with Crippen LogP contribution in [0.5, 0.6) is 0 Å². The maximum Gasteiger partial charge on any atom is 0.252 e. The predicted octanol–water partition coefficient (Wildman–Crippen LogP) is 25.6. The van der Waals surface area contributed by atoms with Crippen LogP contribution in [0, 0.1) is 20.8 Å². The van der Waals surface area contributed by atoms with Gasteiger partial charge in [0.15, 0.2) is 0 Å². The first-order valence-corrected chi connectivity index (χ1v) is 44.8. The summed E-state index contributed by atoms with van der Waals surface area (Å²) in [7, 11) is 0. The predicted molar refractivity (Wildman–Crippen MR) is 524 cm³/mol. The summed E-state index contributed by atoms with van der Waals surface area (Å²) in [4.78, 5) is 10.8. The van der Waals surface area contributed by atoms with Crippen LogP contribution < -0.4 is 52.4 Å². The summed E-state index contributed by atoms with van der Waals surface area (Å²) in [6, 6.07) is 127. The first-order chi connectivity index (χ1) is 59.9. The van der Waals surface area contributed by atoms with Gasteiger partial charge in [-0.25, -0.2) is 0 Å². The van der Waals surface area contributed by atoms with Crippen molar-refractivity contribution in [2.45, 2.75) is 136 Å². The monoisotopic (exact) mass is 1590 g/mol. The van der Waals surface area contributed by atoms with E-state index >= 15 is 0 Å². The number of anilines is 12. The average Bonchev–Trinajstić information content (AvgIpc) is 1.36. The number of nitrogens with zero attached hydrogens (tertiary/aromatic N) is 5. The number of hydrogen-bond donors (Lipinski definition) is 0. The fraction of sp³-hybridized carbons (Fsp3) is 0.179. The molecule has 0 N–H and O–H groups in total. The zero-order valence-electron chi connectivity index (χ0n) is 73.2. The fourth-order valence-corrected chi connectivity index (χ4v) is 24.6. The number of aryl methyl sites for hydroxylation is 3. The Balaban J connectivity index is 0.725. The van der Waals surface area contributed by atoms with Gasteiger partial charge in [-0.1, -0.05) is 325 Å². The van der Waals surface area contributed by atoms with Gasteiger partial charge in [0.1, 0.15) is 0 Å². The molecule has 7 heterocycles. The number of fused-ring (bicyclic) bond motifs is 29. The maximum absolute atomic E-state index is 2.74. The normalized spacial score (nSPS) is 14.9. The Bertz CT molecular complexity index is 7480. The van der Waals surface area contributed by atoms with Crippen molar-refractivity contribution >= 4 is 136 Å². The first kappa shape index (κ1) is 73.4. The molecule has 5 nitrogen and oxygen atoms in total. The van der Waals surface area contributed by atoms with Crippen molar-refractivity contribution < 1.29 is 0 Å². The molecule has 0 fully saturated rings. The standard InChI is InChI=1S/C117H97B2N5/c1-69-57-102-106-103(58-69)123-100-55-53-73(112(4,5)6)62-92(100)117(88-45-25-20-39-82(88)83-40-21-26-46-89(83)117)93-63-76(65-97(111(93)123)119(106)94-49-31-42-85-84-41-22-28-51-98(84)121(102)109(85)94)115(13,14)68-72-33-30-36-78(61-72)120(77-34-16-15-17-35-77)79-66-104-107-105(67-79)124(108-70(2)59-75(60-71(108)3)114(10,11)12)101-56-54-74(113(7,8)9)64-96(101)118(107)95-50-32-48-91-110(95)122(104)99-52-29-27-47-90(99)116(91)86-43-23-18-37-80(86)81-38-19-24-44-87(81)116/h15-67H,68H2,1-14H3. The molecule has 25 rings (SSSR count). The second-order valence-electron chi connectivity index (χ2n) is 40.6. The molecular weight excluding hydrogens is 1500 g/mol. The Hall–Kier alpha value is -13.4. The van der Waals surface area contributed by atoms with Gasteiger partial charge >= 0.3 is 0 Å². The van der Waals surface area contributed by atoms with E-state index < -0.39 is 16.2 Å². The molecule has 0 bridgehead atoms. The van der Waals surface area contributed by atoms with E-state index in [9.17, 15) is 0 Å². The minimum Gasteiger partial charge on any atom is -0.311 e. The van der Waals surface area contributed by atoms with Crippen LogP contribution in [0.15, 0.2) is 322 Å². The molecule has 2 spiro atoms. The van der Waals surface area contributed by atoms with Gasteiger partial charge in [-0.2, -0.15) is 0 Å². The minimum atomic E-state index is -0.685. The van der Waals surface area contributed by atoms with Crippen molar-refractivity contribution in [3.05, 3.63) is 411 Å². The van der Waals surface area contributed by atoms with Crippen LogP contribution in [-0.2, 0) is 38.9 Å². The highest BCUT2D eigenvalue weighted by Crippen LogP contribution is 2.68. The van der Waals surface area contributed by atoms with Gasteiger partial charge in [0.2, 0.25) is 0 Å². The number of hydrogen-bond acceptors (Lipinski definition) is 4. The quantitative estimate of drug-likeness (QED) is 0.148. The summed E-state index contributed by atoms with van der Waals surface area (Å²) in [5.74, 6) is 0. The van der Waals surface area contributed by atoms with Gasteiger partial charge in [-0.3, -0.25) is 0 Å². The zero-order valence-corrected chi connectivity index (χ0v) is 73.2. The van der Waals surface area contributed by atoms with E-state index in [1.54, 1.807) is 0 Å². The second-order valence-corrected chi connectivity index (χ2v) is 40.6. The van der Waals surface area contributed by atoms with Gasteiger partial charge < -0.3 is 24.2 Å². The molecule has 1 aromatic heterocycles. The number of aromatic nitrogens is 1. The largest absolute Gasteiger partial charge is 0.311 e. The highest BCUT2D eigenvalue weighted by molar-refractivity contribution is 7.01. The van der Waals surface area contributed by atoms with E-state index in [1.807, 2.05) is 0 Å². The lowest BCUT2D eigenvalue weighted by Gasteiger charge is -2.51. The summed E-state index contributed by atoms with van der Waals surface area (Å²) in [5, 5.41) is 2.58. The SMILES string of the molecule is Cc1cc2c3c(c1)-n1c4ccccc4c4cccc(c41)B3c1cc(C(C)(C)Cc3cccc(N(c4ccccc4)c4cc5c6c(c4)N4c7ccccc7C7(c8ccccc8-c8ccccc87)c7cccc(c74)B6c4cc(C(C)(C)C)ccc4N5c4c(C)cc(C(C)(C)C)cc4C)c3)cc3c1N2c1ccc(C(C)(C)C)cc1C31c2ccccc2-c2ccccc21. The number of rotatable bonds is 7. The Morgan fingerprint density at radius 1 is 0.290 bits per heavy atom. The van der Waals surface area contributed by atoms with E-state index in [0.717, 1.165) is 23.5 Å². The van der Waals surface area contributed by atoms with Crippen LogP contribution in [0.3, 0.4) is 0 Å². The van der Waals surface area contributed by atoms with E-state index in [1.165, 1.54) is 223 Å². The molecule has 17 aromatic rings. The van der Waals surface area contributed by atoms with Crippen molar-refractivity contribution in [3.8, 4) is 27.9 Å². The lowest BCUT2D eigenvalue weighted by atomic mass is 9.32. The van der Waals surface area contributed by atoms with Gasteiger partial charge in [-0.05, 0) is 266 Å². The molecular formula is C117H97B2N5. The van der Waals surface area contributed by atoms with Crippen LogP contribution >= 0.6 is 0 Å². The van der Waals surface area contributed by atoms with Crippen LogP contribution in [0.1, 0.15) is 165 Å². The van der Waals surface area contributed by atoms with E-state index in [0.29, 0.717) is 0 Å². The lowest BCUT2D eigenvalue weighted by molar-refractivity contribution is 0.521. The van der Waals surface area contributed by atoms with E-state index in [4.69, 9.17) is 0 Å². The van der Waals surface area contributed by atoms with E-state index in [-0.39, 0.29) is 29.7 Å². The highest BCUT2D eigenvalue weighted by Gasteiger charge is 2.59. The zero-order chi connectivity index (χ0) is 84.1. The molecule has 0 amide bonds. The van der Waals surface area contributed by atoms with Gasteiger partial charge in [0.25, 0.3) is 13.4 Å². The van der Waals surface area contributed by atoms with Crippen molar-refractivity contribution in [3.63, 3.8) is 0 Å². The van der Waals surface area contributed by atoms with Crippen LogP contribution in [0.2, 0.25) is 0 Å². The molecule has 8 aliphatic rings. The third kappa shape index (κ3) is 9.63. The maximum atomic E-state index is 2.74. The Labute approximate surface area is 729 Å². The molecule has 16 aromatic carbocycles. The van der Waals surface area contributed by atoms with Crippen LogP contribution in [-0.4, -0.2) is 18.0 Å². The summed E-state index contributed by atoms with van der Waals surface area (Å²) >= 11 is 0. The van der Waals surface area contributed by atoms with Gasteiger partial charge in [0.05, 0.1) is 39.1 Å². The molecule has 0 radical (unpaired) electrons. The molecule has 596 valence electrons. The molecule has 0 saturated carbocycles. The molecule has 124 heavy (non-hydrogen) atoms. The molecule has 7 heteroatoms. The minimum absolute atomic E-state index is 0.0632. The first-order valence-electron chi connectivity index (χ1n) is 44.8. The fourth-order valence-electron chi connectivity index (χ4n) is 24.6. The van der Waals surface area contributed by atoms with Crippen molar-refractivity contribution in [1.29, 1.82) is 0 Å². The number of para-hydroxylation sites is 5. The Kier molecular flexibility index (Phi) is 14.9. The van der Waals surface area contributed by atoms with Crippen LogP contribution in [0.4, 0.5) is 68.2 Å². The van der Waals surface area contributed by atoms with Crippen molar-refractivity contribution in [2.24, 2.45) is 0 Å². The Morgan fingerprint density at radius 3 is 1.40 bits per heavy atom. The molecule has 0 saturated heterocycles. The summed E-state index contributed by atoms with van der Waals surface area (Å²) in [6.07, 6.45) is 0.755. The van der Waals surface area contributed by atoms with Gasteiger partial charge in [0, 0.05) is 67.5 Å². The molecule has 0 atom stereocenters. The summed E-state index contributed by atoms with van der Waals surface area (Å²) in [6.45, 7) is 33.2. The smallest absolute Gasteiger partial charge is 0.252 e. The third-order valence-electron chi connectivity index (χ3n) is 29.9. The second kappa shape index (κ2) is 25.2. The molecule has 2 aliphatic carbocycles. The molecule has 6 aliphatic heterocycles. The number of benzene rings is 16.